The minimum atomic E-state index is -3.70. The van der Waals surface area contributed by atoms with E-state index in [0.29, 0.717) is 29.8 Å². The molecule has 1 aliphatic rings. The van der Waals surface area contributed by atoms with Crippen molar-refractivity contribution in [3.05, 3.63) is 53.6 Å². The summed E-state index contributed by atoms with van der Waals surface area (Å²) in [6, 6.07) is 13.8. The van der Waals surface area contributed by atoms with Crippen LogP contribution in [0.5, 0.6) is 5.75 Å². The highest BCUT2D eigenvalue weighted by Crippen LogP contribution is 2.30. The lowest BCUT2D eigenvalue weighted by molar-refractivity contribution is -0.120. The summed E-state index contributed by atoms with van der Waals surface area (Å²) < 4.78 is 32.8. The van der Waals surface area contributed by atoms with Gasteiger partial charge in [0.15, 0.2) is 0 Å². The van der Waals surface area contributed by atoms with Gasteiger partial charge in [-0.2, -0.15) is 9.57 Å². The number of nitrogens with zero attached hydrogens (tertiary/aromatic N) is 2. The highest BCUT2D eigenvalue weighted by Gasteiger charge is 2.33. The van der Waals surface area contributed by atoms with Crippen LogP contribution in [0.15, 0.2) is 47.4 Å². The number of sulfonamides is 1. The first-order valence-electron chi connectivity index (χ1n) is 9.31. The smallest absolute Gasteiger partial charge is 0.246 e. The third kappa shape index (κ3) is 4.58. The van der Waals surface area contributed by atoms with E-state index >= 15 is 0 Å². The number of carbonyl (C=O) groups excluding carboxylic acids is 1. The molecule has 152 valence electrons. The van der Waals surface area contributed by atoms with E-state index in [1.165, 1.54) is 11.4 Å². The molecule has 0 atom stereocenters. The van der Waals surface area contributed by atoms with Gasteiger partial charge in [-0.25, -0.2) is 8.42 Å². The Hall–Kier alpha value is -2.89. The number of nitriles is 1. The number of carbonyl (C=O) groups is 1. The molecule has 1 N–H and O–H groups in total. The topological polar surface area (TPSA) is 99.5 Å². The van der Waals surface area contributed by atoms with E-state index in [2.05, 4.69) is 5.32 Å². The molecule has 1 fully saturated rings. The highest BCUT2D eigenvalue weighted by molar-refractivity contribution is 7.89. The van der Waals surface area contributed by atoms with Crippen LogP contribution in [0.1, 0.15) is 24.0 Å². The minimum absolute atomic E-state index is 0.149. The molecule has 0 radical (unpaired) electrons. The van der Waals surface area contributed by atoms with Crippen molar-refractivity contribution in [2.45, 2.75) is 24.7 Å². The van der Waals surface area contributed by atoms with E-state index in [4.69, 9.17) is 10.00 Å². The van der Waals surface area contributed by atoms with E-state index in [-0.39, 0.29) is 29.8 Å². The molecule has 1 aliphatic heterocycles. The molecule has 2 aromatic carbocycles. The lowest BCUT2D eigenvalue weighted by Gasteiger charge is -2.31. The Morgan fingerprint density at radius 3 is 2.59 bits per heavy atom. The van der Waals surface area contributed by atoms with E-state index in [1.54, 1.807) is 42.5 Å². The van der Waals surface area contributed by atoms with Crippen LogP contribution in [0.4, 0.5) is 5.69 Å². The Bertz CT molecular complexity index is 1050. The Morgan fingerprint density at radius 2 is 1.93 bits per heavy atom. The number of ether oxygens (including phenoxy) is 1. The second-order valence-corrected chi connectivity index (χ2v) is 8.92. The second kappa shape index (κ2) is 8.64. The fourth-order valence-electron chi connectivity index (χ4n) is 3.39. The number of nitrogens with one attached hydrogen (secondary N) is 1. The maximum Gasteiger partial charge on any atom is 0.246 e. The molecule has 0 aliphatic carbocycles. The SMILES string of the molecule is COc1ccc(C)cc1S(=O)(=O)N1CCC(C(=O)Nc2cccc(C#N)c2)CC1. The zero-order valence-electron chi connectivity index (χ0n) is 16.4. The maximum atomic E-state index is 13.1. The van der Waals surface area contributed by atoms with Gasteiger partial charge in [0.1, 0.15) is 10.6 Å². The van der Waals surface area contributed by atoms with E-state index in [0.717, 1.165) is 5.56 Å². The average Bonchev–Trinajstić information content (AvgIpc) is 2.74. The quantitative estimate of drug-likeness (QED) is 0.812. The molecule has 1 saturated heterocycles. The molecule has 0 saturated carbocycles. The normalized spacial score (nSPS) is 15.5. The Morgan fingerprint density at radius 1 is 1.21 bits per heavy atom. The molecular weight excluding hydrogens is 390 g/mol. The predicted molar refractivity (Wildman–Crippen MR) is 109 cm³/mol. The van der Waals surface area contributed by atoms with Gasteiger partial charge < -0.3 is 10.1 Å². The number of aryl methyl sites for hydroxylation is 1. The van der Waals surface area contributed by atoms with Gasteiger partial charge in [-0.1, -0.05) is 12.1 Å². The van der Waals surface area contributed by atoms with Crippen LogP contribution < -0.4 is 10.1 Å². The standard InChI is InChI=1S/C21H23N3O4S/c1-15-6-7-19(28-2)20(12-15)29(26,27)24-10-8-17(9-11-24)21(25)23-18-5-3-4-16(13-18)14-22/h3-7,12-13,17H,8-11H2,1-2H3,(H,23,25). The van der Waals surface area contributed by atoms with Gasteiger partial charge in [0.2, 0.25) is 15.9 Å². The molecule has 29 heavy (non-hydrogen) atoms. The Balaban J connectivity index is 1.67. The van der Waals surface area contributed by atoms with Gasteiger partial charge >= 0.3 is 0 Å². The molecule has 7 nitrogen and oxygen atoms in total. The average molecular weight is 413 g/mol. The zero-order valence-corrected chi connectivity index (χ0v) is 17.2. The third-order valence-electron chi connectivity index (χ3n) is 5.02. The molecule has 3 rings (SSSR count). The molecule has 0 unspecified atom stereocenters. The molecule has 0 spiro atoms. The second-order valence-electron chi connectivity index (χ2n) is 7.01. The van der Waals surface area contributed by atoms with Crippen molar-refractivity contribution in [3.63, 3.8) is 0 Å². The summed E-state index contributed by atoms with van der Waals surface area (Å²) in [5, 5.41) is 11.8. The molecule has 0 bridgehead atoms. The number of hydrogen-bond acceptors (Lipinski definition) is 5. The lowest BCUT2D eigenvalue weighted by atomic mass is 9.97. The maximum absolute atomic E-state index is 13.1. The number of methoxy groups -OCH3 is 1. The Kier molecular flexibility index (Phi) is 6.20. The fraction of sp³-hybridized carbons (Fsp3) is 0.333. The molecule has 1 amide bonds. The van der Waals surface area contributed by atoms with Crippen molar-refractivity contribution < 1.29 is 17.9 Å². The molecule has 8 heteroatoms. The first-order chi connectivity index (χ1) is 13.8. The number of hydrogen-bond donors (Lipinski definition) is 1. The zero-order chi connectivity index (χ0) is 21.0. The van der Waals surface area contributed by atoms with E-state index in [1.807, 2.05) is 13.0 Å². The summed E-state index contributed by atoms with van der Waals surface area (Å²) in [6.07, 6.45) is 0.855. The third-order valence-corrected chi connectivity index (χ3v) is 6.94. The van der Waals surface area contributed by atoms with Crippen LogP contribution in [0.25, 0.3) is 0 Å². The van der Waals surface area contributed by atoms with Crippen LogP contribution in [0, 0.1) is 24.2 Å². The number of piperidine rings is 1. The molecular formula is C21H23N3O4S. The summed E-state index contributed by atoms with van der Waals surface area (Å²) in [4.78, 5) is 12.7. The minimum Gasteiger partial charge on any atom is -0.495 e. The van der Waals surface area contributed by atoms with Crippen molar-refractivity contribution in [2.75, 3.05) is 25.5 Å². The summed E-state index contributed by atoms with van der Waals surface area (Å²) in [6.45, 7) is 2.35. The molecule has 0 aromatic heterocycles. The fourth-order valence-corrected chi connectivity index (χ4v) is 5.10. The van der Waals surface area contributed by atoms with E-state index < -0.39 is 10.0 Å². The van der Waals surface area contributed by atoms with Gasteiger partial charge in [-0.15, -0.1) is 0 Å². The van der Waals surface area contributed by atoms with Gasteiger partial charge in [-0.3, -0.25) is 4.79 Å². The van der Waals surface area contributed by atoms with Crippen LogP contribution in [0.3, 0.4) is 0 Å². The van der Waals surface area contributed by atoms with Crippen LogP contribution in [-0.4, -0.2) is 38.8 Å². The number of rotatable bonds is 5. The van der Waals surface area contributed by atoms with Gasteiger partial charge in [0.05, 0.1) is 18.7 Å². The lowest BCUT2D eigenvalue weighted by Crippen LogP contribution is -2.41. The summed E-state index contributed by atoms with van der Waals surface area (Å²) in [5.41, 5.74) is 1.86. The number of anilines is 1. The van der Waals surface area contributed by atoms with Crippen molar-refractivity contribution in [1.29, 1.82) is 5.26 Å². The van der Waals surface area contributed by atoms with Crippen molar-refractivity contribution in [3.8, 4) is 11.8 Å². The summed E-state index contributed by atoms with van der Waals surface area (Å²) in [7, 11) is -2.26. The predicted octanol–water partition coefficient (Wildman–Crippen LogP) is 2.91. The van der Waals surface area contributed by atoms with Gasteiger partial charge in [0.25, 0.3) is 0 Å². The summed E-state index contributed by atoms with van der Waals surface area (Å²) in [5.74, 6) is -0.135. The summed E-state index contributed by atoms with van der Waals surface area (Å²) >= 11 is 0. The molecule has 2 aromatic rings. The monoisotopic (exact) mass is 413 g/mol. The highest BCUT2D eigenvalue weighted by atomic mass is 32.2. The largest absolute Gasteiger partial charge is 0.495 e. The number of amides is 1. The van der Waals surface area contributed by atoms with Crippen LogP contribution in [0.2, 0.25) is 0 Å². The van der Waals surface area contributed by atoms with Gasteiger partial charge in [-0.05, 0) is 55.7 Å². The van der Waals surface area contributed by atoms with Gasteiger partial charge in [0, 0.05) is 24.7 Å². The Labute approximate surface area is 171 Å². The number of benzene rings is 2. The first-order valence-corrected chi connectivity index (χ1v) is 10.7. The van der Waals surface area contributed by atoms with Crippen molar-refractivity contribution in [1.82, 2.24) is 4.31 Å². The molecule has 1 heterocycles. The van der Waals surface area contributed by atoms with E-state index in [9.17, 15) is 13.2 Å². The van der Waals surface area contributed by atoms with Crippen LogP contribution in [-0.2, 0) is 14.8 Å². The van der Waals surface area contributed by atoms with Crippen molar-refractivity contribution in [2.24, 2.45) is 5.92 Å². The first kappa shape index (κ1) is 20.8. The van der Waals surface area contributed by atoms with Crippen molar-refractivity contribution >= 4 is 21.6 Å². The van der Waals surface area contributed by atoms with Crippen LogP contribution >= 0.6 is 0 Å².